The van der Waals surface area contributed by atoms with Crippen LogP contribution in [0.5, 0.6) is 11.5 Å². The van der Waals surface area contributed by atoms with E-state index in [-0.39, 0.29) is 36.4 Å². The first kappa shape index (κ1) is 30.5. The van der Waals surface area contributed by atoms with E-state index in [9.17, 15) is 62.3 Å². The Morgan fingerprint density at radius 1 is 0.405 bits per heavy atom. The number of rotatable bonds is 4. The van der Waals surface area contributed by atoms with Crippen molar-refractivity contribution in [2.24, 2.45) is 0 Å². The summed E-state index contributed by atoms with van der Waals surface area (Å²) < 4.78 is 169. The number of hydrogen-bond acceptors (Lipinski definition) is 4. The van der Waals surface area contributed by atoms with Gasteiger partial charge in [0.25, 0.3) is 0 Å². The molecule has 0 aromatic heterocycles. The van der Waals surface area contributed by atoms with Crippen molar-refractivity contribution in [1.82, 2.24) is 0 Å². The number of allylic oxidation sites excluding steroid dienone is 6. The molecule has 2 aromatic carbocycles. The first-order valence-corrected chi connectivity index (χ1v) is 11.0. The molecule has 0 spiro atoms. The van der Waals surface area contributed by atoms with Crippen LogP contribution in [0.2, 0.25) is 0 Å². The van der Waals surface area contributed by atoms with E-state index in [1.807, 2.05) is 0 Å². The summed E-state index contributed by atoms with van der Waals surface area (Å²) in [6.07, 6.45) is -18.1. The Kier molecular flexibility index (Phi) is 7.32. The molecule has 2 aromatic rings. The zero-order valence-corrected chi connectivity index (χ0v) is 19.9. The molecule has 0 aliphatic heterocycles. The zero-order valence-electron chi connectivity index (χ0n) is 19.9. The fourth-order valence-corrected chi connectivity index (χ4v) is 3.73. The van der Waals surface area contributed by atoms with Crippen molar-refractivity contribution < 1.29 is 71.7 Å². The minimum Gasteiger partial charge on any atom is -0.453 e. The van der Waals surface area contributed by atoms with Gasteiger partial charge in [0.1, 0.15) is 11.5 Å². The summed E-state index contributed by atoms with van der Waals surface area (Å²) in [6, 6.07) is 0.243. The van der Waals surface area contributed by atoms with Crippen LogP contribution >= 0.6 is 0 Å². The van der Waals surface area contributed by atoms with Crippen LogP contribution in [-0.4, -0.2) is 11.6 Å². The summed E-state index contributed by atoms with van der Waals surface area (Å²) in [6.45, 7) is 0. The molecule has 2 aliphatic carbocycles. The standard InChI is InChI=1S/C26H10F12O4/c27-23(28,29)11-5-12(24(30,31)32)8-15(7-11)41-21-17-1-3-19(39)22(18(17)2-4-20(21)40)42-16-9-13(25(33,34)35)6-14(10-16)26(36,37)38/h1-10H. The summed E-state index contributed by atoms with van der Waals surface area (Å²) in [7, 11) is 0. The van der Waals surface area contributed by atoms with Crippen LogP contribution in [0, 0.1) is 0 Å². The van der Waals surface area contributed by atoms with Gasteiger partial charge in [-0.1, -0.05) is 0 Å². The van der Waals surface area contributed by atoms with Crippen molar-refractivity contribution in [1.29, 1.82) is 0 Å². The topological polar surface area (TPSA) is 52.6 Å². The lowest BCUT2D eigenvalue weighted by Crippen LogP contribution is -2.21. The lowest BCUT2D eigenvalue weighted by molar-refractivity contribution is -0.144. The third-order valence-corrected chi connectivity index (χ3v) is 5.59. The molecule has 0 heterocycles. The molecule has 0 fully saturated rings. The van der Waals surface area contributed by atoms with Gasteiger partial charge in [-0.3, -0.25) is 9.59 Å². The minimum absolute atomic E-state index is 0.161. The number of carbonyl (C=O) groups is 2. The molecule has 0 amide bonds. The summed E-state index contributed by atoms with van der Waals surface area (Å²) in [5.41, 5.74) is -8.06. The molecule has 42 heavy (non-hydrogen) atoms. The molecule has 0 unspecified atom stereocenters. The molecule has 0 bridgehead atoms. The highest BCUT2D eigenvalue weighted by Gasteiger charge is 2.39. The Balaban J connectivity index is 1.83. The fraction of sp³-hybridized carbons (Fsp3) is 0.154. The second-order valence-corrected chi connectivity index (χ2v) is 8.57. The normalized spacial score (nSPS) is 16.3. The summed E-state index contributed by atoms with van der Waals surface area (Å²) in [5.74, 6) is -6.24. The maximum atomic E-state index is 13.2. The van der Waals surface area contributed by atoms with Gasteiger partial charge >= 0.3 is 24.7 Å². The van der Waals surface area contributed by atoms with Crippen LogP contribution in [0.4, 0.5) is 52.7 Å². The maximum absolute atomic E-state index is 13.2. The zero-order chi connectivity index (χ0) is 31.4. The van der Waals surface area contributed by atoms with E-state index in [2.05, 4.69) is 0 Å². The number of carbonyl (C=O) groups excluding carboxylic acids is 2. The largest absolute Gasteiger partial charge is 0.453 e. The highest BCUT2D eigenvalue weighted by atomic mass is 19.4. The Bertz CT molecular complexity index is 1410. The number of ether oxygens (including phenoxy) is 2. The Morgan fingerprint density at radius 3 is 0.905 bits per heavy atom. The molecule has 0 atom stereocenters. The first-order valence-electron chi connectivity index (χ1n) is 11.0. The molecule has 2 aliphatic rings. The second-order valence-electron chi connectivity index (χ2n) is 8.57. The van der Waals surface area contributed by atoms with Crippen LogP contribution in [0.1, 0.15) is 22.3 Å². The minimum atomic E-state index is -5.27. The van der Waals surface area contributed by atoms with Crippen LogP contribution in [-0.2, 0) is 34.3 Å². The van der Waals surface area contributed by atoms with Crippen molar-refractivity contribution in [3.05, 3.63) is 106 Å². The molecule has 0 N–H and O–H groups in total. The smallest absolute Gasteiger partial charge is 0.416 e. The average molecular weight is 614 g/mol. The van der Waals surface area contributed by atoms with E-state index in [0.717, 1.165) is 12.2 Å². The highest BCUT2D eigenvalue weighted by molar-refractivity contribution is 6.11. The van der Waals surface area contributed by atoms with E-state index in [0.29, 0.717) is 12.2 Å². The monoisotopic (exact) mass is 614 g/mol. The van der Waals surface area contributed by atoms with Gasteiger partial charge in [-0.15, -0.1) is 0 Å². The first-order chi connectivity index (χ1) is 19.1. The fourth-order valence-electron chi connectivity index (χ4n) is 3.73. The number of halogens is 12. The van der Waals surface area contributed by atoms with Gasteiger partial charge in [0.15, 0.2) is 11.5 Å². The Morgan fingerprint density at radius 2 is 0.667 bits per heavy atom. The molecule has 0 saturated heterocycles. The number of fused-ring (bicyclic) bond motifs is 1. The van der Waals surface area contributed by atoms with Gasteiger partial charge in [0, 0.05) is 11.1 Å². The third kappa shape index (κ3) is 6.36. The lowest BCUT2D eigenvalue weighted by Gasteiger charge is -2.23. The van der Waals surface area contributed by atoms with E-state index in [1.54, 1.807) is 0 Å². The summed E-state index contributed by atoms with van der Waals surface area (Å²) in [5, 5.41) is 0. The van der Waals surface area contributed by atoms with E-state index in [4.69, 9.17) is 9.47 Å². The van der Waals surface area contributed by atoms with Crippen LogP contribution < -0.4 is 9.47 Å². The Labute approximate surface area is 225 Å². The van der Waals surface area contributed by atoms with Crippen LogP contribution in [0.25, 0.3) is 0 Å². The second kappa shape index (κ2) is 10.1. The molecular weight excluding hydrogens is 604 g/mol. The molecular formula is C26H10F12O4. The third-order valence-electron chi connectivity index (χ3n) is 5.59. The Hall–Kier alpha value is -4.50. The molecule has 0 saturated carbocycles. The SMILES string of the molecule is O=C1C=CC2=C(Oc3cc(C(F)(F)F)cc(C(F)(F)F)c3)C(=O)C=CC2=C1Oc1cc(C(F)(F)F)cc(C(F)(F)F)c1. The number of benzene rings is 2. The predicted octanol–water partition coefficient (Wildman–Crippen LogP) is 8.01. The highest BCUT2D eigenvalue weighted by Crippen LogP contribution is 2.41. The van der Waals surface area contributed by atoms with E-state index in [1.165, 1.54) is 0 Å². The van der Waals surface area contributed by atoms with Gasteiger partial charge in [-0.25, -0.2) is 0 Å². The summed E-state index contributed by atoms with van der Waals surface area (Å²) >= 11 is 0. The van der Waals surface area contributed by atoms with E-state index < -0.39 is 92.7 Å². The van der Waals surface area contributed by atoms with Crippen molar-refractivity contribution in [2.75, 3.05) is 0 Å². The van der Waals surface area contributed by atoms with Gasteiger partial charge in [-0.05, 0) is 60.7 Å². The number of ketones is 2. The quantitative estimate of drug-likeness (QED) is 0.328. The van der Waals surface area contributed by atoms with Crippen LogP contribution in [0.15, 0.2) is 83.4 Å². The van der Waals surface area contributed by atoms with Crippen molar-refractivity contribution in [3.63, 3.8) is 0 Å². The van der Waals surface area contributed by atoms with Gasteiger partial charge in [0.05, 0.1) is 22.3 Å². The average Bonchev–Trinajstić information content (AvgIpc) is 2.85. The van der Waals surface area contributed by atoms with Crippen molar-refractivity contribution in [3.8, 4) is 11.5 Å². The van der Waals surface area contributed by atoms with Gasteiger partial charge in [0.2, 0.25) is 11.6 Å². The van der Waals surface area contributed by atoms with Crippen molar-refractivity contribution in [2.45, 2.75) is 24.7 Å². The molecule has 16 heteroatoms. The summed E-state index contributed by atoms with van der Waals surface area (Å²) in [4.78, 5) is 25.1. The number of hydrogen-bond donors (Lipinski definition) is 0. The number of alkyl halides is 12. The maximum Gasteiger partial charge on any atom is 0.416 e. The molecule has 0 radical (unpaired) electrons. The van der Waals surface area contributed by atoms with E-state index >= 15 is 0 Å². The molecule has 4 nitrogen and oxygen atoms in total. The van der Waals surface area contributed by atoms with Crippen LogP contribution in [0.3, 0.4) is 0 Å². The van der Waals surface area contributed by atoms with Gasteiger partial charge < -0.3 is 9.47 Å². The lowest BCUT2D eigenvalue weighted by atomic mass is 9.91. The van der Waals surface area contributed by atoms with Gasteiger partial charge in [-0.2, -0.15) is 52.7 Å². The molecule has 4 rings (SSSR count). The van der Waals surface area contributed by atoms with Crippen molar-refractivity contribution >= 4 is 11.6 Å². The predicted molar refractivity (Wildman–Crippen MR) is 116 cm³/mol. The molecule has 222 valence electrons.